The fourth-order valence-electron chi connectivity index (χ4n) is 7.51. The van der Waals surface area contributed by atoms with Crippen LogP contribution in [0.2, 0.25) is 0 Å². The molecule has 4 aliphatic carbocycles. The van der Waals surface area contributed by atoms with Gasteiger partial charge in [-0.3, -0.25) is 14.4 Å². The van der Waals surface area contributed by atoms with E-state index in [2.05, 4.69) is 0 Å². The van der Waals surface area contributed by atoms with E-state index in [1.54, 1.807) is 13.0 Å². The molecule has 0 radical (unpaired) electrons. The van der Waals surface area contributed by atoms with E-state index in [1.165, 1.54) is 12.2 Å². The van der Waals surface area contributed by atoms with Crippen molar-refractivity contribution < 1.29 is 33.7 Å². The minimum Gasteiger partial charge on any atom is -0.461 e. The Morgan fingerprint density at radius 2 is 2.03 bits per heavy atom. The number of carbonyl (C=O) groups excluding carboxylic acids is 3. The van der Waals surface area contributed by atoms with E-state index in [4.69, 9.17) is 4.74 Å². The summed E-state index contributed by atoms with van der Waals surface area (Å²) in [5.74, 6) is -2.44. The van der Waals surface area contributed by atoms with Crippen LogP contribution in [0.15, 0.2) is 23.8 Å². The third-order valence-corrected chi connectivity index (χ3v) is 9.09. The van der Waals surface area contributed by atoms with E-state index in [0.717, 1.165) is 6.42 Å². The van der Waals surface area contributed by atoms with Gasteiger partial charge in [0.1, 0.15) is 12.7 Å². The van der Waals surface area contributed by atoms with Crippen molar-refractivity contribution in [2.75, 3.05) is 6.61 Å². The van der Waals surface area contributed by atoms with Crippen LogP contribution in [-0.4, -0.2) is 52.2 Å². The standard InChI is InChI=1S/C26H35FO6/c1-4-5-6-22(32)33-23-15(2)11-19-18-8-7-16-12-17(29)9-10-24(16,3)26(18,27)20(30)13-25(19,23)21(31)14-28/h9-10,12,15,18-20,23,28,30H,4-8,11,13-14H2,1-3H3/t15-,18-,19-,20-,23+,24-,25-,26-/m0/s1. The number of carbonyl (C=O) groups is 3. The summed E-state index contributed by atoms with van der Waals surface area (Å²) in [6, 6.07) is 0. The second kappa shape index (κ2) is 8.42. The molecule has 0 spiro atoms. The van der Waals surface area contributed by atoms with E-state index in [1.807, 2.05) is 13.8 Å². The van der Waals surface area contributed by atoms with Crippen LogP contribution in [0.5, 0.6) is 0 Å². The van der Waals surface area contributed by atoms with E-state index >= 15 is 4.39 Å². The van der Waals surface area contributed by atoms with Gasteiger partial charge in [0.25, 0.3) is 0 Å². The van der Waals surface area contributed by atoms with Crippen LogP contribution in [0.25, 0.3) is 0 Å². The Kier molecular flexibility index (Phi) is 6.19. The molecule has 8 atom stereocenters. The second-order valence-electron chi connectivity index (χ2n) is 10.7. The molecule has 0 amide bonds. The SMILES string of the molecule is CCCCC(=O)O[C@@H]1[C@@H](C)C[C@H]2[C@@H]3CCC4=CC(=O)C=C[C@]4(C)[C@@]3(F)[C@@H](O)C[C@]12C(=O)CO. The average molecular weight is 463 g/mol. The highest BCUT2D eigenvalue weighted by molar-refractivity contribution is 6.01. The molecule has 0 unspecified atom stereocenters. The van der Waals surface area contributed by atoms with Gasteiger partial charge in [0.2, 0.25) is 0 Å². The van der Waals surface area contributed by atoms with Gasteiger partial charge in [-0.05, 0) is 63.0 Å². The lowest BCUT2D eigenvalue weighted by atomic mass is 9.45. The third kappa shape index (κ3) is 3.29. The molecule has 6 nitrogen and oxygen atoms in total. The Hall–Kier alpha value is -1.86. The van der Waals surface area contributed by atoms with Crippen LogP contribution >= 0.6 is 0 Å². The molecule has 0 aromatic rings. The number of aliphatic hydroxyl groups is 2. The summed E-state index contributed by atoms with van der Waals surface area (Å²) >= 11 is 0. The zero-order valence-electron chi connectivity index (χ0n) is 19.7. The molecule has 0 heterocycles. The summed E-state index contributed by atoms with van der Waals surface area (Å²) in [7, 11) is 0. The molecule has 2 N–H and O–H groups in total. The van der Waals surface area contributed by atoms with Crippen LogP contribution in [0.1, 0.15) is 65.7 Å². The molecule has 3 fully saturated rings. The smallest absolute Gasteiger partial charge is 0.306 e. The van der Waals surface area contributed by atoms with Crippen molar-refractivity contribution in [3.05, 3.63) is 23.8 Å². The topological polar surface area (TPSA) is 101 Å². The van der Waals surface area contributed by atoms with Crippen molar-refractivity contribution in [3.63, 3.8) is 0 Å². The average Bonchev–Trinajstić information content (AvgIpc) is 3.05. The first-order valence-electron chi connectivity index (χ1n) is 12.2. The predicted molar refractivity (Wildman–Crippen MR) is 119 cm³/mol. The van der Waals surface area contributed by atoms with Crippen LogP contribution in [0, 0.1) is 28.6 Å². The lowest BCUT2D eigenvalue weighted by Crippen LogP contribution is -2.69. The molecular weight excluding hydrogens is 427 g/mol. The van der Waals surface area contributed by atoms with E-state index in [9.17, 15) is 24.6 Å². The van der Waals surface area contributed by atoms with Crippen LogP contribution < -0.4 is 0 Å². The Balaban J connectivity index is 1.77. The highest BCUT2D eigenvalue weighted by Gasteiger charge is 2.74. The summed E-state index contributed by atoms with van der Waals surface area (Å²) in [4.78, 5) is 37.8. The predicted octanol–water partition coefficient (Wildman–Crippen LogP) is 3.25. The monoisotopic (exact) mass is 462 g/mol. The molecule has 4 aliphatic rings. The molecule has 0 aromatic heterocycles. The van der Waals surface area contributed by atoms with Crippen molar-refractivity contribution in [2.24, 2.45) is 28.6 Å². The maximum Gasteiger partial charge on any atom is 0.306 e. The number of esters is 1. The molecule has 0 aromatic carbocycles. The number of ether oxygens (including phenoxy) is 1. The number of aliphatic hydroxyl groups excluding tert-OH is 2. The van der Waals surface area contributed by atoms with Gasteiger partial charge in [0, 0.05) is 17.8 Å². The van der Waals surface area contributed by atoms with Crippen molar-refractivity contribution in [1.82, 2.24) is 0 Å². The molecule has 182 valence electrons. The second-order valence-corrected chi connectivity index (χ2v) is 10.7. The summed E-state index contributed by atoms with van der Waals surface area (Å²) in [5.41, 5.74) is -3.88. The first-order valence-corrected chi connectivity index (χ1v) is 12.2. The highest BCUT2D eigenvalue weighted by Crippen LogP contribution is 2.69. The number of hydrogen-bond donors (Lipinski definition) is 2. The van der Waals surface area contributed by atoms with Gasteiger partial charge in [-0.2, -0.15) is 0 Å². The normalized spacial score (nSPS) is 43.9. The molecule has 0 bridgehead atoms. The van der Waals surface area contributed by atoms with Crippen molar-refractivity contribution in [3.8, 4) is 0 Å². The number of allylic oxidation sites excluding steroid dienone is 4. The van der Waals surface area contributed by atoms with Crippen molar-refractivity contribution >= 4 is 17.5 Å². The van der Waals surface area contributed by atoms with Gasteiger partial charge in [-0.1, -0.05) is 31.9 Å². The van der Waals surface area contributed by atoms with Crippen molar-refractivity contribution in [1.29, 1.82) is 0 Å². The summed E-state index contributed by atoms with van der Waals surface area (Å²) in [5, 5.41) is 21.3. The lowest BCUT2D eigenvalue weighted by molar-refractivity contribution is -0.211. The molecule has 3 saturated carbocycles. The number of alkyl halides is 1. The first kappa shape index (κ1) is 24.3. The van der Waals surface area contributed by atoms with Gasteiger partial charge < -0.3 is 14.9 Å². The van der Waals surface area contributed by atoms with Crippen LogP contribution in [-0.2, 0) is 19.1 Å². The Morgan fingerprint density at radius 1 is 1.30 bits per heavy atom. The zero-order chi connectivity index (χ0) is 24.2. The van der Waals surface area contributed by atoms with Crippen LogP contribution in [0.3, 0.4) is 0 Å². The van der Waals surface area contributed by atoms with Crippen LogP contribution in [0.4, 0.5) is 4.39 Å². The largest absolute Gasteiger partial charge is 0.461 e. The number of halogens is 1. The number of unbranched alkanes of at least 4 members (excludes halogenated alkanes) is 1. The van der Waals surface area contributed by atoms with Gasteiger partial charge in [-0.25, -0.2) is 4.39 Å². The summed E-state index contributed by atoms with van der Waals surface area (Å²) < 4.78 is 23.0. The lowest BCUT2D eigenvalue weighted by Gasteiger charge is -2.61. The van der Waals surface area contributed by atoms with E-state index in [0.29, 0.717) is 31.3 Å². The fourth-order valence-corrected chi connectivity index (χ4v) is 7.51. The molecule has 4 rings (SSSR count). The highest BCUT2D eigenvalue weighted by atomic mass is 19.1. The van der Waals surface area contributed by atoms with Gasteiger partial charge in [0.15, 0.2) is 17.2 Å². The molecular formula is C26H35FO6. The zero-order valence-corrected chi connectivity index (χ0v) is 19.7. The molecule has 0 aliphatic heterocycles. The maximum absolute atomic E-state index is 17.2. The van der Waals surface area contributed by atoms with Gasteiger partial charge in [-0.15, -0.1) is 0 Å². The van der Waals surface area contributed by atoms with E-state index < -0.39 is 58.9 Å². The van der Waals surface area contributed by atoms with Gasteiger partial charge >= 0.3 is 5.97 Å². The summed E-state index contributed by atoms with van der Waals surface area (Å²) in [6.07, 6.45) is 4.94. The molecule has 0 saturated heterocycles. The minimum absolute atomic E-state index is 0.187. The summed E-state index contributed by atoms with van der Waals surface area (Å²) in [6.45, 7) is 4.83. The third-order valence-electron chi connectivity index (χ3n) is 9.09. The van der Waals surface area contributed by atoms with Gasteiger partial charge in [0.05, 0.1) is 11.5 Å². The number of fused-ring (bicyclic) bond motifs is 5. The number of rotatable bonds is 6. The number of ketones is 2. The minimum atomic E-state index is -2.07. The Labute approximate surface area is 194 Å². The number of hydrogen-bond acceptors (Lipinski definition) is 6. The Bertz CT molecular complexity index is 910. The maximum atomic E-state index is 17.2. The quantitative estimate of drug-likeness (QED) is 0.588. The first-order chi connectivity index (χ1) is 15.6. The fraction of sp³-hybridized carbons (Fsp3) is 0.731. The Morgan fingerprint density at radius 3 is 2.70 bits per heavy atom. The molecule has 7 heteroatoms. The molecule has 33 heavy (non-hydrogen) atoms. The van der Waals surface area contributed by atoms with E-state index in [-0.39, 0.29) is 24.5 Å². The number of Topliss-reactive ketones (excluding diaryl/α,β-unsaturated/α-hetero) is 1. The van der Waals surface area contributed by atoms with Crippen molar-refractivity contribution in [2.45, 2.75) is 83.6 Å².